The summed E-state index contributed by atoms with van der Waals surface area (Å²) in [5.74, 6) is -0.580. The molecule has 0 fully saturated rings. The lowest BCUT2D eigenvalue weighted by Crippen LogP contribution is -2.31. The molecule has 0 aliphatic rings. The lowest BCUT2D eigenvalue weighted by molar-refractivity contribution is -0.137. The van der Waals surface area contributed by atoms with Gasteiger partial charge in [-0.2, -0.15) is 13.2 Å². The van der Waals surface area contributed by atoms with Crippen LogP contribution < -0.4 is 14.8 Å². The van der Waals surface area contributed by atoms with E-state index >= 15 is 0 Å². The van der Waals surface area contributed by atoms with E-state index in [9.17, 15) is 26.4 Å². The van der Waals surface area contributed by atoms with Crippen molar-refractivity contribution < 1.29 is 31.1 Å². The van der Waals surface area contributed by atoms with Crippen molar-refractivity contribution in [3.05, 3.63) is 54.1 Å². The topological polar surface area (TPSA) is 84.5 Å². The summed E-state index contributed by atoms with van der Waals surface area (Å²) in [6, 6.07) is 9.74. The molecule has 0 aromatic heterocycles. The van der Waals surface area contributed by atoms with Crippen LogP contribution in [-0.4, -0.2) is 27.0 Å². The maximum atomic E-state index is 12.9. The Morgan fingerprint density at radius 1 is 1.10 bits per heavy atom. The van der Waals surface area contributed by atoms with Crippen molar-refractivity contribution >= 4 is 21.6 Å². The minimum Gasteiger partial charge on any atom is -0.484 e. The molecule has 6 nitrogen and oxygen atoms in total. The Morgan fingerprint density at radius 2 is 1.72 bits per heavy atom. The summed E-state index contributed by atoms with van der Waals surface area (Å²) >= 11 is 0. The first kappa shape index (κ1) is 22.7. The fraction of sp³-hybridized carbons (Fsp3) is 0.316. The number of benzene rings is 2. The minimum atomic E-state index is -4.60. The molecule has 2 aromatic carbocycles. The summed E-state index contributed by atoms with van der Waals surface area (Å²) in [6.07, 6.45) is -3.97. The quantitative estimate of drug-likeness (QED) is 0.667. The van der Waals surface area contributed by atoms with Gasteiger partial charge in [0.1, 0.15) is 5.75 Å². The van der Waals surface area contributed by atoms with Gasteiger partial charge in [0.15, 0.2) is 6.61 Å². The standard InChI is InChI=1S/C19H21F3N2O4S/c1-3-13(2)24-29(26,27)15-10-8-14(9-11-15)28-12-18(25)23-17-7-5-4-6-16(17)19(20,21)22/h4-11,13,24H,3,12H2,1-2H3,(H,23,25)/t13-/m0/s1. The number of rotatable bonds is 8. The highest BCUT2D eigenvalue weighted by atomic mass is 32.2. The Kier molecular flexibility index (Phi) is 7.26. The number of halogens is 3. The largest absolute Gasteiger partial charge is 0.484 e. The fourth-order valence-corrected chi connectivity index (χ4v) is 3.63. The van der Waals surface area contributed by atoms with Crippen LogP contribution in [-0.2, 0) is 21.0 Å². The smallest absolute Gasteiger partial charge is 0.418 e. The second kappa shape index (κ2) is 9.27. The summed E-state index contributed by atoms with van der Waals surface area (Å²) in [4.78, 5) is 12.0. The van der Waals surface area contributed by atoms with Crippen molar-refractivity contribution in [2.45, 2.75) is 37.4 Å². The van der Waals surface area contributed by atoms with Crippen LogP contribution in [0.5, 0.6) is 5.75 Å². The second-order valence-electron chi connectivity index (χ2n) is 6.28. The van der Waals surface area contributed by atoms with Crippen LogP contribution in [0.4, 0.5) is 18.9 Å². The van der Waals surface area contributed by atoms with Gasteiger partial charge in [0.2, 0.25) is 10.0 Å². The molecule has 1 amide bonds. The number of hydrogen-bond donors (Lipinski definition) is 2. The highest BCUT2D eigenvalue weighted by Crippen LogP contribution is 2.34. The van der Waals surface area contributed by atoms with Crippen LogP contribution in [0.2, 0.25) is 0 Å². The number of nitrogens with one attached hydrogen (secondary N) is 2. The molecule has 2 N–H and O–H groups in total. The molecule has 2 rings (SSSR count). The van der Waals surface area contributed by atoms with Gasteiger partial charge in [0.05, 0.1) is 16.1 Å². The second-order valence-corrected chi connectivity index (χ2v) is 8.00. The predicted molar refractivity (Wildman–Crippen MR) is 102 cm³/mol. The number of alkyl halides is 3. The molecular formula is C19H21F3N2O4S. The number of carbonyl (C=O) groups excluding carboxylic acids is 1. The molecule has 29 heavy (non-hydrogen) atoms. The first-order valence-corrected chi connectivity index (χ1v) is 10.2. The summed E-state index contributed by atoms with van der Waals surface area (Å²) < 4.78 is 71.0. The molecular weight excluding hydrogens is 409 g/mol. The number of hydrogen-bond acceptors (Lipinski definition) is 4. The van der Waals surface area contributed by atoms with Crippen LogP contribution in [0.15, 0.2) is 53.4 Å². The van der Waals surface area contributed by atoms with Gasteiger partial charge in [0, 0.05) is 6.04 Å². The third-order valence-electron chi connectivity index (χ3n) is 3.98. The maximum Gasteiger partial charge on any atom is 0.418 e. The van der Waals surface area contributed by atoms with E-state index in [1.54, 1.807) is 6.92 Å². The van der Waals surface area contributed by atoms with Gasteiger partial charge in [-0.1, -0.05) is 19.1 Å². The van der Waals surface area contributed by atoms with E-state index in [1.165, 1.54) is 36.4 Å². The molecule has 0 aliphatic carbocycles. The molecule has 0 unspecified atom stereocenters. The maximum absolute atomic E-state index is 12.9. The Morgan fingerprint density at radius 3 is 2.31 bits per heavy atom. The molecule has 10 heteroatoms. The van der Waals surface area contributed by atoms with Gasteiger partial charge in [-0.05, 0) is 49.7 Å². The van der Waals surface area contributed by atoms with E-state index in [0.29, 0.717) is 6.42 Å². The van der Waals surface area contributed by atoms with E-state index in [-0.39, 0.29) is 22.4 Å². The molecule has 0 saturated heterocycles. The van der Waals surface area contributed by atoms with E-state index in [4.69, 9.17) is 4.74 Å². The third kappa shape index (κ3) is 6.47. The summed E-state index contributed by atoms with van der Waals surface area (Å²) in [6.45, 7) is 3.05. The van der Waals surface area contributed by atoms with Gasteiger partial charge >= 0.3 is 6.18 Å². The molecule has 0 radical (unpaired) electrons. The van der Waals surface area contributed by atoms with Crippen molar-refractivity contribution in [3.63, 3.8) is 0 Å². The van der Waals surface area contributed by atoms with Gasteiger partial charge < -0.3 is 10.1 Å². The van der Waals surface area contributed by atoms with Crippen molar-refractivity contribution in [1.29, 1.82) is 0 Å². The molecule has 0 spiro atoms. The number of sulfonamides is 1. The number of amides is 1. The van der Waals surface area contributed by atoms with Gasteiger partial charge in [-0.3, -0.25) is 4.79 Å². The SMILES string of the molecule is CC[C@H](C)NS(=O)(=O)c1ccc(OCC(=O)Nc2ccccc2C(F)(F)F)cc1. The van der Waals surface area contributed by atoms with E-state index in [1.807, 2.05) is 6.92 Å². The monoisotopic (exact) mass is 430 g/mol. The van der Waals surface area contributed by atoms with Gasteiger partial charge in [-0.25, -0.2) is 13.1 Å². The van der Waals surface area contributed by atoms with E-state index in [2.05, 4.69) is 10.0 Å². The molecule has 0 bridgehead atoms. The number of ether oxygens (including phenoxy) is 1. The number of para-hydroxylation sites is 1. The first-order chi connectivity index (χ1) is 13.5. The van der Waals surface area contributed by atoms with E-state index in [0.717, 1.165) is 12.1 Å². The Balaban J connectivity index is 1.98. The van der Waals surface area contributed by atoms with Crippen LogP contribution in [0.1, 0.15) is 25.8 Å². The van der Waals surface area contributed by atoms with Crippen LogP contribution in [0, 0.1) is 0 Å². The minimum absolute atomic E-state index is 0.0358. The van der Waals surface area contributed by atoms with Gasteiger partial charge in [0.25, 0.3) is 5.91 Å². The Bertz CT molecular complexity index is 945. The normalized spacial score (nSPS) is 13.0. The molecule has 0 heterocycles. The first-order valence-electron chi connectivity index (χ1n) is 8.74. The molecule has 0 saturated carbocycles. The highest BCUT2D eigenvalue weighted by Gasteiger charge is 2.33. The van der Waals surface area contributed by atoms with Crippen LogP contribution >= 0.6 is 0 Å². The van der Waals surface area contributed by atoms with E-state index < -0.39 is 34.3 Å². The summed E-state index contributed by atoms with van der Waals surface area (Å²) in [5.41, 5.74) is -1.33. The molecule has 0 aliphatic heterocycles. The van der Waals surface area contributed by atoms with Crippen LogP contribution in [0.3, 0.4) is 0 Å². The summed E-state index contributed by atoms with van der Waals surface area (Å²) in [5, 5.41) is 2.16. The number of carbonyl (C=O) groups is 1. The average Bonchev–Trinajstić information content (AvgIpc) is 2.66. The lowest BCUT2D eigenvalue weighted by Gasteiger charge is -2.14. The number of anilines is 1. The molecule has 1 atom stereocenters. The Labute approximate surface area is 167 Å². The zero-order valence-corrected chi connectivity index (χ0v) is 16.6. The fourth-order valence-electron chi connectivity index (χ4n) is 2.31. The van der Waals surface area contributed by atoms with Crippen molar-refractivity contribution in [3.8, 4) is 5.75 Å². The summed E-state index contributed by atoms with van der Waals surface area (Å²) in [7, 11) is -3.67. The zero-order valence-electron chi connectivity index (χ0n) is 15.8. The van der Waals surface area contributed by atoms with Crippen molar-refractivity contribution in [2.75, 3.05) is 11.9 Å². The van der Waals surface area contributed by atoms with Crippen molar-refractivity contribution in [1.82, 2.24) is 4.72 Å². The average molecular weight is 430 g/mol. The molecule has 158 valence electrons. The zero-order chi connectivity index (χ0) is 21.7. The van der Waals surface area contributed by atoms with Crippen molar-refractivity contribution in [2.24, 2.45) is 0 Å². The molecule has 2 aromatic rings. The highest BCUT2D eigenvalue weighted by molar-refractivity contribution is 7.89. The predicted octanol–water partition coefficient (Wildman–Crippen LogP) is 3.80. The third-order valence-corrected chi connectivity index (χ3v) is 5.58. The lowest BCUT2D eigenvalue weighted by atomic mass is 10.1. The van der Waals surface area contributed by atoms with Crippen LogP contribution in [0.25, 0.3) is 0 Å². The van der Waals surface area contributed by atoms with Gasteiger partial charge in [-0.15, -0.1) is 0 Å². The Hall–Kier alpha value is -2.59.